The van der Waals surface area contributed by atoms with Crippen molar-refractivity contribution < 1.29 is 14.3 Å². The highest BCUT2D eigenvalue weighted by atomic mass is 35.5. The fourth-order valence-corrected chi connectivity index (χ4v) is 2.75. The fraction of sp³-hybridized carbons (Fsp3) is 0.235. The Morgan fingerprint density at radius 2 is 1.96 bits per heavy atom. The largest absolute Gasteiger partial charge is 0.495 e. The third kappa shape index (κ3) is 5.69. The van der Waals surface area contributed by atoms with Crippen LogP contribution in [0.25, 0.3) is 0 Å². The molecule has 0 saturated heterocycles. The quantitative estimate of drug-likeness (QED) is 0.587. The summed E-state index contributed by atoms with van der Waals surface area (Å²) in [7, 11) is 1.56. The van der Waals surface area contributed by atoms with Gasteiger partial charge >= 0.3 is 6.09 Å². The zero-order valence-electron chi connectivity index (χ0n) is 13.0. The molecule has 6 heteroatoms. The molecule has 1 amide bonds. The monoisotopic (exact) mass is 351 g/mol. The minimum atomic E-state index is -0.495. The van der Waals surface area contributed by atoms with Crippen LogP contribution in [0, 0.1) is 6.92 Å². The third-order valence-electron chi connectivity index (χ3n) is 2.99. The van der Waals surface area contributed by atoms with Crippen LogP contribution < -0.4 is 10.1 Å². The van der Waals surface area contributed by atoms with E-state index in [2.05, 4.69) is 5.32 Å². The normalized spacial score (nSPS) is 10.2. The smallest absolute Gasteiger partial charge is 0.411 e. The molecule has 0 radical (unpaired) electrons. The number of hydrogen-bond donors (Lipinski definition) is 1. The molecule has 4 nitrogen and oxygen atoms in total. The van der Waals surface area contributed by atoms with Gasteiger partial charge in [0.15, 0.2) is 0 Å². The first-order chi connectivity index (χ1) is 11.1. The summed E-state index contributed by atoms with van der Waals surface area (Å²) in [6, 6.07) is 13.1. The van der Waals surface area contributed by atoms with Crippen molar-refractivity contribution in [1.29, 1.82) is 0 Å². The first kappa shape index (κ1) is 17.5. The van der Waals surface area contributed by atoms with Gasteiger partial charge in [-0.3, -0.25) is 5.32 Å². The maximum absolute atomic E-state index is 11.8. The molecule has 0 fully saturated rings. The van der Waals surface area contributed by atoms with Crippen LogP contribution in [0.15, 0.2) is 47.4 Å². The number of methoxy groups -OCH3 is 1. The van der Waals surface area contributed by atoms with Gasteiger partial charge in [0.25, 0.3) is 0 Å². The van der Waals surface area contributed by atoms with Crippen molar-refractivity contribution in [1.82, 2.24) is 0 Å². The number of benzene rings is 2. The van der Waals surface area contributed by atoms with Gasteiger partial charge in [-0.05, 0) is 48.9 Å². The molecule has 0 saturated carbocycles. The van der Waals surface area contributed by atoms with Crippen molar-refractivity contribution in [3.63, 3.8) is 0 Å². The van der Waals surface area contributed by atoms with E-state index >= 15 is 0 Å². The summed E-state index contributed by atoms with van der Waals surface area (Å²) in [6.07, 6.45) is -0.495. The van der Waals surface area contributed by atoms with E-state index in [4.69, 9.17) is 21.1 Å². The standard InChI is InChI=1S/C17H18ClNO3S/c1-12-3-8-16(21-2)15(11-12)19-17(20)22-9-10-23-14-6-4-13(18)5-7-14/h3-8,11H,9-10H2,1-2H3,(H,19,20). The molecular weight excluding hydrogens is 334 g/mol. The lowest BCUT2D eigenvalue weighted by Gasteiger charge is -2.11. The zero-order valence-corrected chi connectivity index (χ0v) is 14.5. The molecule has 0 bridgehead atoms. The Kier molecular flexibility index (Phi) is 6.62. The average Bonchev–Trinajstić information content (AvgIpc) is 2.53. The highest BCUT2D eigenvalue weighted by Crippen LogP contribution is 2.25. The summed E-state index contributed by atoms with van der Waals surface area (Å²) in [5, 5.41) is 3.40. The molecule has 0 aliphatic rings. The van der Waals surface area contributed by atoms with E-state index in [1.54, 1.807) is 24.9 Å². The van der Waals surface area contributed by atoms with E-state index in [0.717, 1.165) is 10.5 Å². The molecule has 2 aromatic rings. The second-order valence-electron chi connectivity index (χ2n) is 4.77. The zero-order chi connectivity index (χ0) is 16.7. The van der Waals surface area contributed by atoms with E-state index in [0.29, 0.717) is 28.8 Å². The van der Waals surface area contributed by atoms with Crippen LogP contribution in [0.2, 0.25) is 5.02 Å². The van der Waals surface area contributed by atoms with E-state index in [9.17, 15) is 4.79 Å². The number of halogens is 1. The maximum Gasteiger partial charge on any atom is 0.411 e. The SMILES string of the molecule is COc1ccc(C)cc1NC(=O)OCCSc1ccc(Cl)cc1. The molecule has 0 heterocycles. The number of nitrogens with one attached hydrogen (secondary N) is 1. The lowest BCUT2D eigenvalue weighted by Crippen LogP contribution is -2.15. The Labute approximate surface area is 145 Å². The second-order valence-corrected chi connectivity index (χ2v) is 6.37. The van der Waals surface area contributed by atoms with Gasteiger partial charge < -0.3 is 9.47 Å². The molecular formula is C17H18ClNO3S. The van der Waals surface area contributed by atoms with E-state index in [1.807, 2.05) is 43.3 Å². The van der Waals surface area contributed by atoms with Gasteiger partial charge in [-0.25, -0.2) is 4.79 Å². The van der Waals surface area contributed by atoms with Crippen molar-refractivity contribution in [2.24, 2.45) is 0 Å². The molecule has 122 valence electrons. The molecule has 2 rings (SSSR count). The first-order valence-electron chi connectivity index (χ1n) is 7.05. The van der Waals surface area contributed by atoms with Crippen LogP contribution in [0.4, 0.5) is 10.5 Å². The van der Waals surface area contributed by atoms with Gasteiger partial charge in [-0.15, -0.1) is 11.8 Å². The number of amides is 1. The molecule has 0 unspecified atom stereocenters. The van der Waals surface area contributed by atoms with E-state index < -0.39 is 6.09 Å². The predicted molar refractivity (Wildman–Crippen MR) is 94.9 cm³/mol. The summed E-state index contributed by atoms with van der Waals surface area (Å²) in [5.74, 6) is 1.27. The van der Waals surface area contributed by atoms with Gasteiger partial charge in [0.05, 0.1) is 12.8 Å². The summed E-state index contributed by atoms with van der Waals surface area (Å²) >= 11 is 7.43. The van der Waals surface area contributed by atoms with E-state index in [-0.39, 0.29) is 0 Å². The molecule has 0 aliphatic heterocycles. The van der Waals surface area contributed by atoms with Gasteiger partial charge in [0.2, 0.25) is 0 Å². The molecule has 0 atom stereocenters. The van der Waals surface area contributed by atoms with Crippen LogP contribution >= 0.6 is 23.4 Å². The summed E-state index contributed by atoms with van der Waals surface area (Å²) in [6.45, 7) is 2.26. The van der Waals surface area contributed by atoms with Crippen LogP contribution in [-0.4, -0.2) is 25.6 Å². The number of ether oxygens (including phenoxy) is 2. The molecule has 0 aromatic heterocycles. The Bertz CT molecular complexity index is 661. The minimum absolute atomic E-state index is 0.313. The predicted octanol–water partition coefficient (Wildman–Crippen LogP) is 5.00. The Balaban J connectivity index is 1.77. The fourth-order valence-electron chi connectivity index (χ4n) is 1.89. The topological polar surface area (TPSA) is 47.6 Å². The van der Waals surface area contributed by atoms with Crippen molar-refractivity contribution in [2.75, 3.05) is 24.8 Å². The number of aryl methyl sites for hydroxylation is 1. The van der Waals surface area contributed by atoms with E-state index in [1.165, 1.54) is 0 Å². The van der Waals surface area contributed by atoms with Gasteiger partial charge in [0.1, 0.15) is 12.4 Å². The van der Waals surface area contributed by atoms with Crippen molar-refractivity contribution in [3.05, 3.63) is 53.1 Å². The molecule has 23 heavy (non-hydrogen) atoms. The summed E-state index contributed by atoms with van der Waals surface area (Å²) < 4.78 is 10.4. The highest BCUT2D eigenvalue weighted by molar-refractivity contribution is 7.99. The van der Waals surface area contributed by atoms with Crippen LogP contribution in [0.5, 0.6) is 5.75 Å². The molecule has 0 aliphatic carbocycles. The lowest BCUT2D eigenvalue weighted by molar-refractivity contribution is 0.169. The van der Waals surface area contributed by atoms with Crippen molar-refractivity contribution in [3.8, 4) is 5.75 Å². The number of carbonyl (C=O) groups is 1. The summed E-state index contributed by atoms with van der Waals surface area (Å²) in [4.78, 5) is 12.9. The molecule has 0 spiro atoms. The van der Waals surface area contributed by atoms with Gasteiger partial charge in [-0.2, -0.15) is 0 Å². The number of rotatable bonds is 6. The Morgan fingerprint density at radius 1 is 1.22 bits per heavy atom. The van der Waals surface area contributed by atoms with Crippen LogP contribution in [0.3, 0.4) is 0 Å². The van der Waals surface area contributed by atoms with Crippen molar-refractivity contribution >= 4 is 35.1 Å². The van der Waals surface area contributed by atoms with Crippen LogP contribution in [0.1, 0.15) is 5.56 Å². The second kappa shape index (κ2) is 8.70. The summed E-state index contributed by atoms with van der Waals surface area (Å²) in [5.41, 5.74) is 1.63. The number of anilines is 1. The third-order valence-corrected chi connectivity index (χ3v) is 4.22. The number of carbonyl (C=O) groups excluding carboxylic acids is 1. The van der Waals surface area contributed by atoms with Gasteiger partial charge in [0, 0.05) is 15.7 Å². The number of thioether (sulfide) groups is 1. The lowest BCUT2D eigenvalue weighted by atomic mass is 10.2. The maximum atomic E-state index is 11.8. The van der Waals surface area contributed by atoms with Gasteiger partial charge in [-0.1, -0.05) is 17.7 Å². The minimum Gasteiger partial charge on any atom is -0.495 e. The molecule has 2 aromatic carbocycles. The first-order valence-corrected chi connectivity index (χ1v) is 8.41. The molecule has 1 N–H and O–H groups in total. The Hall–Kier alpha value is -1.85. The number of hydrogen-bond acceptors (Lipinski definition) is 4. The highest BCUT2D eigenvalue weighted by Gasteiger charge is 2.08. The Morgan fingerprint density at radius 3 is 2.65 bits per heavy atom. The van der Waals surface area contributed by atoms with Crippen LogP contribution in [-0.2, 0) is 4.74 Å². The van der Waals surface area contributed by atoms with Crippen molar-refractivity contribution in [2.45, 2.75) is 11.8 Å². The average molecular weight is 352 g/mol.